The number of morpholine rings is 1. The topological polar surface area (TPSA) is 53.3 Å². The minimum Gasteiger partial charge on any atom is -0.360 e. The van der Waals surface area contributed by atoms with Crippen LogP contribution in [0, 0.1) is 11.3 Å². The molecule has 0 aliphatic carbocycles. The molecule has 1 aliphatic heterocycles. The quantitative estimate of drug-likeness (QED) is 0.763. The second kappa shape index (κ2) is 5.21. The average Bonchev–Trinajstić information content (AvgIpc) is 2.39. The summed E-state index contributed by atoms with van der Waals surface area (Å²) in [5, 5.41) is 8.77. The molecule has 0 bridgehead atoms. The lowest BCUT2D eigenvalue weighted by molar-refractivity contribution is 0.00346. The van der Waals surface area contributed by atoms with E-state index in [2.05, 4.69) is 12.6 Å². The second-order valence-electron chi connectivity index (χ2n) is 3.79. The minimum absolute atomic E-state index is 0.0677. The molecule has 1 heterocycles. The Balaban J connectivity index is 2.09. The third-order valence-electron chi connectivity index (χ3n) is 2.61. The zero-order valence-corrected chi connectivity index (χ0v) is 10.1. The van der Waals surface area contributed by atoms with E-state index >= 15 is 0 Å². The molecule has 0 radical (unpaired) electrons. The number of thiol groups is 1. The molecular formula is C12H12N2O2S. The van der Waals surface area contributed by atoms with E-state index in [1.807, 2.05) is 6.07 Å². The number of carbonyl (C=O) groups is 1. The zero-order valence-electron chi connectivity index (χ0n) is 9.17. The van der Waals surface area contributed by atoms with Gasteiger partial charge < -0.3 is 9.64 Å². The van der Waals surface area contributed by atoms with E-state index < -0.39 is 6.10 Å². The molecule has 0 N–H and O–H groups in total. The van der Waals surface area contributed by atoms with Gasteiger partial charge in [0.15, 0.2) is 6.10 Å². The molecule has 1 unspecified atom stereocenters. The van der Waals surface area contributed by atoms with Gasteiger partial charge in [0.1, 0.15) is 0 Å². The highest BCUT2D eigenvalue weighted by molar-refractivity contribution is 7.80. The Kier molecular flexibility index (Phi) is 3.67. The van der Waals surface area contributed by atoms with E-state index in [1.165, 1.54) is 0 Å². The van der Waals surface area contributed by atoms with Crippen molar-refractivity contribution >= 4 is 18.5 Å². The number of nitriles is 1. The van der Waals surface area contributed by atoms with Crippen molar-refractivity contribution in [3.63, 3.8) is 0 Å². The molecule has 2 rings (SSSR count). The van der Waals surface area contributed by atoms with E-state index in [-0.39, 0.29) is 5.91 Å². The van der Waals surface area contributed by atoms with Gasteiger partial charge in [-0.3, -0.25) is 4.79 Å². The van der Waals surface area contributed by atoms with Gasteiger partial charge in [0.05, 0.1) is 19.2 Å². The van der Waals surface area contributed by atoms with Crippen LogP contribution in [0.5, 0.6) is 0 Å². The summed E-state index contributed by atoms with van der Waals surface area (Å²) in [5.74, 6) is -0.0677. The molecule has 0 saturated carbocycles. The van der Waals surface area contributed by atoms with Crippen molar-refractivity contribution in [3.8, 4) is 6.07 Å². The van der Waals surface area contributed by atoms with Crippen LogP contribution in [0.25, 0.3) is 0 Å². The van der Waals surface area contributed by atoms with E-state index in [9.17, 15) is 4.79 Å². The summed E-state index contributed by atoms with van der Waals surface area (Å²) in [6.45, 7) is 1.27. The van der Waals surface area contributed by atoms with Crippen molar-refractivity contribution in [3.05, 3.63) is 29.8 Å². The Labute approximate surface area is 105 Å². The van der Waals surface area contributed by atoms with Crippen molar-refractivity contribution < 1.29 is 9.53 Å². The van der Waals surface area contributed by atoms with Crippen LogP contribution in [-0.4, -0.2) is 36.6 Å². The van der Waals surface area contributed by atoms with Gasteiger partial charge in [-0.15, -0.1) is 12.6 Å². The number of carbonyl (C=O) groups excluding carboxylic acids is 1. The molecule has 1 atom stereocenters. The summed E-state index contributed by atoms with van der Waals surface area (Å²) in [7, 11) is 0. The molecule has 17 heavy (non-hydrogen) atoms. The first-order valence-corrected chi connectivity index (χ1v) is 5.75. The lowest BCUT2D eigenvalue weighted by Gasteiger charge is -2.29. The summed E-state index contributed by atoms with van der Waals surface area (Å²) in [4.78, 5) is 14.6. The van der Waals surface area contributed by atoms with Gasteiger partial charge in [0.2, 0.25) is 0 Å². The molecule has 1 aliphatic rings. The predicted molar refractivity (Wildman–Crippen MR) is 65.0 cm³/mol. The van der Waals surface area contributed by atoms with Crippen LogP contribution >= 0.6 is 12.6 Å². The first kappa shape index (κ1) is 12.0. The van der Waals surface area contributed by atoms with Crippen LogP contribution in [-0.2, 0) is 4.74 Å². The smallest absolute Gasteiger partial charge is 0.254 e. The minimum atomic E-state index is -0.517. The molecule has 1 aromatic rings. The van der Waals surface area contributed by atoms with Crippen LogP contribution in [0.1, 0.15) is 10.4 Å². The number of benzene rings is 1. The largest absolute Gasteiger partial charge is 0.360 e. The van der Waals surface area contributed by atoms with Gasteiger partial charge >= 0.3 is 0 Å². The molecule has 1 amide bonds. The number of amides is 1. The first-order chi connectivity index (χ1) is 8.20. The molecule has 88 valence electrons. The van der Waals surface area contributed by atoms with Crippen molar-refractivity contribution in [2.24, 2.45) is 0 Å². The molecule has 5 heteroatoms. The van der Waals surface area contributed by atoms with Crippen LogP contribution < -0.4 is 0 Å². The van der Waals surface area contributed by atoms with Gasteiger partial charge in [-0.05, 0) is 24.3 Å². The van der Waals surface area contributed by atoms with E-state index in [4.69, 9.17) is 10.00 Å². The summed E-state index contributed by atoms with van der Waals surface area (Å²) < 4.78 is 5.20. The van der Waals surface area contributed by atoms with Crippen LogP contribution in [0.4, 0.5) is 0 Å². The SMILES string of the molecule is N#CC1CN(C(=O)c2ccc(S)cc2)CCO1. The molecule has 0 aromatic heterocycles. The van der Waals surface area contributed by atoms with Crippen molar-refractivity contribution in [1.29, 1.82) is 5.26 Å². The van der Waals surface area contributed by atoms with Gasteiger partial charge in [0, 0.05) is 17.0 Å². The van der Waals surface area contributed by atoms with Crippen molar-refractivity contribution in [1.82, 2.24) is 4.90 Å². The van der Waals surface area contributed by atoms with Gasteiger partial charge in [-0.2, -0.15) is 5.26 Å². The molecule has 1 aromatic carbocycles. The van der Waals surface area contributed by atoms with Crippen LogP contribution in [0.3, 0.4) is 0 Å². The molecular weight excluding hydrogens is 236 g/mol. The molecule has 0 spiro atoms. The average molecular weight is 248 g/mol. The zero-order chi connectivity index (χ0) is 12.3. The summed E-state index contributed by atoms with van der Waals surface area (Å²) in [5.41, 5.74) is 0.612. The van der Waals surface area contributed by atoms with E-state index in [1.54, 1.807) is 29.2 Å². The highest BCUT2D eigenvalue weighted by Crippen LogP contribution is 2.12. The fourth-order valence-corrected chi connectivity index (χ4v) is 1.85. The maximum Gasteiger partial charge on any atom is 0.254 e. The third-order valence-corrected chi connectivity index (χ3v) is 2.91. The lowest BCUT2D eigenvalue weighted by atomic mass is 10.2. The number of nitrogens with zero attached hydrogens (tertiary/aromatic N) is 2. The van der Waals surface area contributed by atoms with E-state index in [0.29, 0.717) is 25.3 Å². The maximum atomic E-state index is 12.1. The Morgan fingerprint density at radius 3 is 2.82 bits per heavy atom. The Bertz CT molecular complexity index is 453. The van der Waals surface area contributed by atoms with E-state index in [0.717, 1.165) is 4.90 Å². The molecule has 4 nitrogen and oxygen atoms in total. The summed E-state index contributed by atoms with van der Waals surface area (Å²) in [6, 6.07) is 9.05. The number of hydrogen-bond acceptors (Lipinski definition) is 4. The maximum absolute atomic E-state index is 12.1. The number of ether oxygens (including phenoxy) is 1. The standard InChI is InChI=1S/C12H12N2O2S/c13-7-10-8-14(5-6-16-10)12(15)9-1-3-11(17)4-2-9/h1-4,10,17H,5-6,8H2. The normalized spacial score (nSPS) is 19.8. The van der Waals surface area contributed by atoms with Gasteiger partial charge in [-0.25, -0.2) is 0 Å². The van der Waals surface area contributed by atoms with Gasteiger partial charge in [-0.1, -0.05) is 0 Å². The molecule has 1 fully saturated rings. The lowest BCUT2D eigenvalue weighted by Crippen LogP contribution is -2.45. The van der Waals surface area contributed by atoms with Gasteiger partial charge in [0.25, 0.3) is 5.91 Å². The highest BCUT2D eigenvalue weighted by Gasteiger charge is 2.24. The fourth-order valence-electron chi connectivity index (χ4n) is 1.70. The second-order valence-corrected chi connectivity index (χ2v) is 4.30. The van der Waals surface area contributed by atoms with Crippen molar-refractivity contribution in [2.45, 2.75) is 11.0 Å². The predicted octanol–water partition coefficient (Wildman–Crippen LogP) is 1.34. The van der Waals surface area contributed by atoms with Crippen LogP contribution in [0.15, 0.2) is 29.2 Å². The van der Waals surface area contributed by atoms with Crippen LogP contribution in [0.2, 0.25) is 0 Å². The first-order valence-electron chi connectivity index (χ1n) is 5.30. The molecule has 1 saturated heterocycles. The Morgan fingerprint density at radius 1 is 1.47 bits per heavy atom. The Morgan fingerprint density at radius 2 is 2.18 bits per heavy atom. The number of rotatable bonds is 1. The fraction of sp³-hybridized carbons (Fsp3) is 0.333. The summed E-state index contributed by atoms with van der Waals surface area (Å²) in [6.07, 6.45) is -0.517. The third kappa shape index (κ3) is 2.78. The monoisotopic (exact) mass is 248 g/mol. The highest BCUT2D eigenvalue weighted by atomic mass is 32.1. The Hall–Kier alpha value is -1.51. The summed E-state index contributed by atoms with van der Waals surface area (Å²) >= 11 is 4.17. The van der Waals surface area contributed by atoms with Crippen molar-refractivity contribution in [2.75, 3.05) is 19.7 Å². The number of hydrogen-bond donors (Lipinski definition) is 1.